The Balaban J connectivity index is 0.997. The van der Waals surface area contributed by atoms with Gasteiger partial charge in [0.25, 0.3) is 0 Å². The Labute approximate surface area is 360 Å². The molecule has 0 radical (unpaired) electrons. The van der Waals surface area contributed by atoms with Gasteiger partial charge in [-0.15, -0.1) is 0 Å². The standard InChI is InChI=1S/C60H40N2/c1-2-20-48(21-3-1)62-57-29-13-27-55(60(57)59-54-25-9-6-16-45(54)36-39-58(59)62)47-19-10-22-50(40-47)61(56-28-12-18-44-15-5-8-24-53(44)56)49-37-34-42(35-38-49)41-30-32-46(33-31-41)52-26-11-17-43-14-4-7-23-51(43)52/h1-40H. The zero-order chi connectivity index (χ0) is 41.0. The predicted molar refractivity (Wildman–Crippen MR) is 264 cm³/mol. The molecule has 0 unspecified atom stereocenters. The summed E-state index contributed by atoms with van der Waals surface area (Å²) in [5, 5.41) is 9.96. The van der Waals surface area contributed by atoms with Crippen LogP contribution in [0.3, 0.4) is 0 Å². The summed E-state index contributed by atoms with van der Waals surface area (Å²) in [6.45, 7) is 0. The van der Waals surface area contributed by atoms with E-state index in [-0.39, 0.29) is 0 Å². The third kappa shape index (κ3) is 5.96. The Morgan fingerprint density at radius 2 is 0.839 bits per heavy atom. The van der Waals surface area contributed by atoms with E-state index in [4.69, 9.17) is 0 Å². The van der Waals surface area contributed by atoms with E-state index < -0.39 is 0 Å². The van der Waals surface area contributed by atoms with Crippen LogP contribution in [0.25, 0.3) is 93.2 Å². The fourth-order valence-corrected chi connectivity index (χ4v) is 9.69. The van der Waals surface area contributed by atoms with E-state index in [2.05, 4.69) is 252 Å². The highest BCUT2D eigenvalue weighted by atomic mass is 15.1. The summed E-state index contributed by atoms with van der Waals surface area (Å²) >= 11 is 0. The van der Waals surface area contributed by atoms with E-state index >= 15 is 0 Å². The van der Waals surface area contributed by atoms with E-state index in [9.17, 15) is 0 Å². The van der Waals surface area contributed by atoms with Gasteiger partial charge in [-0.1, -0.05) is 188 Å². The minimum atomic E-state index is 1.10. The summed E-state index contributed by atoms with van der Waals surface area (Å²) < 4.78 is 2.42. The molecule has 1 heterocycles. The molecule has 1 aromatic heterocycles. The first kappa shape index (κ1) is 35.7. The average molecular weight is 789 g/mol. The Kier molecular flexibility index (Phi) is 8.53. The summed E-state index contributed by atoms with van der Waals surface area (Å²) in [5.74, 6) is 0. The minimum Gasteiger partial charge on any atom is -0.310 e. The summed E-state index contributed by atoms with van der Waals surface area (Å²) in [6, 6.07) is 88.4. The molecule has 11 aromatic carbocycles. The molecule has 0 atom stereocenters. The quantitative estimate of drug-likeness (QED) is 0.156. The van der Waals surface area contributed by atoms with Gasteiger partial charge >= 0.3 is 0 Å². The number of aromatic nitrogens is 1. The lowest BCUT2D eigenvalue weighted by atomic mass is 9.96. The maximum atomic E-state index is 2.42. The third-order valence-electron chi connectivity index (χ3n) is 12.6. The molecule has 0 spiro atoms. The van der Waals surface area contributed by atoms with Gasteiger partial charge in [0.2, 0.25) is 0 Å². The number of hydrogen-bond acceptors (Lipinski definition) is 1. The molecule has 0 aliphatic heterocycles. The van der Waals surface area contributed by atoms with Crippen molar-refractivity contribution in [2.45, 2.75) is 0 Å². The van der Waals surface area contributed by atoms with Crippen LogP contribution >= 0.6 is 0 Å². The lowest BCUT2D eigenvalue weighted by Crippen LogP contribution is -2.10. The number of benzene rings is 11. The number of para-hydroxylation sites is 1. The fourth-order valence-electron chi connectivity index (χ4n) is 9.69. The predicted octanol–water partition coefficient (Wildman–Crippen LogP) is 16.7. The number of rotatable bonds is 7. The minimum absolute atomic E-state index is 1.10. The van der Waals surface area contributed by atoms with Gasteiger partial charge in [-0.05, 0) is 115 Å². The van der Waals surface area contributed by atoms with E-state index in [0.717, 1.165) is 22.7 Å². The van der Waals surface area contributed by atoms with Crippen LogP contribution in [-0.4, -0.2) is 4.57 Å². The number of anilines is 3. The number of fused-ring (bicyclic) bond motifs is 7. The van der Waals surface area contributed by atoms with Crippen molar-refractivity contribution in [3.8, 4) is 39.1 Å². The number of hydrogen-bond donors (Lipinski definition) is 0. The van der Waals surface area contributed by atoms with Gasteiger partial charge in [-0.25, -0.2) is 0 Å². The van der Waals surface area contributed by atoms with Gasteiger partial charge in [0.1, 0.15) is 0 Å². The van der Waals surface area contributed by atoms with E-state index in [1.54, 1.807) is 0 Å². The molecule has 0 N–H and O–H groups in total. The van der Waals surface area contributed by atoms with Crippen LogP contribution in [0, 0.1) is 0 Å². The van der Waals surface area contributed by atoms with Crippen molar-refractivity contribution in [2.75, 3.05) is 4.90 Å². The summed E-state index contributed by atoms with van der Waals surface area (Å²) in [5.41, 5.74) is 14.1. The van der Waals surface area contributed by atoms with Gasteiger partial charge < -0.3 is 9.47 Å². The zero-order valence-electron chi connectivity index (χ0n) is 34.0. The van der Waals surface area contributed by atoms with Crippen molar-refractivity contribution in [3.63, 3.8) is 0 Å². The lowest BCUT2D eigenvalue weighted by Gasteiger charge is -2.27. The first-order valence-corrected chi connectivity index (χ1v) is 21.3. The van der Waals surface area contributed by atoms with Crippen molar-refractivity contribution >= 4 is 71.2 Å². The van der Waals surface area contributed by atoms with Crippen molar-refractivity contribution in [3.05, 3.63) is 243 Å². The van der Waals surface area contributed by atoms with E-state index in [0.29, 0.717) is 0 Å². The Morgan fingerprint density at radius 1 is 0.290 bits per heavy atom. The first-order chi connectivity index (χ1) is 30.8. The highest BCUT2D eigenvalue weighted by molar-refractivity contribution is 6.25. The SMILES string of the molecule is c1ccc(-n2c3cccc(-c4cccc(N(c5ccc(-c6ccc(-c7cccc8ccccc78)cc6)cc5)c5cccc6ccccc56)c4)c3c3c4ccccc4ccc32)cc1. The molecule has 12 rings (SSSR count). The smallest absolute Gasteiger partial charge is 0.0547 e. The third-order valence-corrected chi connectivity index (χ3v) is 12.6. The second kappa shape index (κ2) is 14.8. The molecular formula is C60H40N2. The van der Waals surface area contributed by atoms with E-state index in [1.807, 2.05) is 0 Å². The molecule has 2 nitrogen and oxygen atoms in total. The normalized spacial score (nSPS) is 11.5. The maximum absolute atomic E-state index is 2.42. The molecule has 12 aromatic rings. The molecule has 290 valence electrons. The Morgan fingerprint density at radius 3 is 1.61 bits per heavy atom. The molecular weight excluding hydrogens is 749 g/mol. The van der Waals surface area contributed by atoms with Gasteiger partial charge in [0, 0.05) is 33.2 Å². The van der Waals surface area contributed by atoms with Gasteiger partial charge in [0.05, 0.1) is 16.7 Å². The molecule has 0 saturated carbocycles. The molecule has 0 fully saturated rings. The van der Waals surface area contributed by atoms with Crippen LogP contribution in [0.5, 0.6) is 0 Å². The first-order valence-electron chi connectivity index (χ1n) is 21.3. The second-order valence-electron chi connectivity index (χ2n) is 16.1. The van der Waals surface area contributed by atoms with Gasteiger partial charge in [-0.2, -0.15) is 0 Å². The maximum Gasteiger partial charge on any atom is 0.0547 e. The van der Waals surface area contributed by atoms with Crippen LogP contribution in [0.1, 0.15) is 0 Å². The van der Waals surface area contributed by atoms with Crippen LogP contribution in [0.4, 0.5) is 17.1 Å². The summed E-state index contributed by atoms with van der Waals surface area (Å²) in [7, 11) is 0. The molecule has 0 aliphatic rings. The van der Waals surface area contributed by atoms with Crippen LogP contribution < -0.4 is 4.90 Å². The largest absolute Gasteiger partial charge is 0.310 e. The highest BCUT2D eigenvalue weighted by Crippen LogP contribution is 2.45. The van der Waals surface area contributed by atoms with Crippen molar-refractivity contribution in [1.82, 2.24) is 4.57 Å². The molecule has 0 bridgehead atoms. The number of nitrogens with zero attached hydrogens (tertiary/aromatic N) is 2. The van der Waals surface area contributed by atoms with Gasteiger partial charge in [0.15, 0.2) is 0 Å². The van der Waals surface area contributed by atoms with Crippen LogP contribution in [0.2, 0.25) is 0 Å². The topological polar surface area (TPSA) is 8.17 Å². The Hall–Kier alpha value is -8.20. The zero-order valence-corrected chi connectivity index (χ0v) is 34.0. The van der Waals surface area contributed by atoms with Crippen molar-refractivity contribution in [2.24, 2.45) is 0 Å². The second-order valence-corrected chi connectivity index (χ2v) is 16.1. The molecule has 2 heteroatoms. The summed E-state index contributed by atoms with van der Waals surface area (Å²) in [4.78, 5) is 2.42. The van der Waals surface area contributed by atoms with Crippen LogP contribution in [-0.2, 0) is 0 Å². The summed E-state index contributed by atoms with van der Waals surface area (Å²) in [6.07, 6.45) is 0. The molecule has 0 saturated heterocycles. The van der Waals surface area contributed by atoms with E-state index in [1.165, 1.54) is 87.5 Å². The van der Waals surface area contributed by atoms with Crippen molar-refractivity contribution in [1.29, 1.82) is 0 Å². The van der Waals surface area contributed by atoms with Crippen molar-refractivity contribution < 1.29 is 0 Å². The van der Waals surface area contributed by atoms with Gasteiger partial charge in [-0.3, -0.25) is 0 Å². The lowest BCUT2D eigenvalue weighted by molar-refractivity contribution is 1.18. The highest BCUT2D eigenvalue weighted by Gasteiger charge is 2.21. The fraction of sp³-hybridized carbons (Fsp3) is 0. The molecule has 0 aliphatic carbocycles. The molecule has 0 amide bonds. The monoisotopic (exact) mass is 788 g/mol. The molecule has 62 heavy (non-hydrogen) atoms. The average Bonchev–Trinajstić information content (AvgIpc) is 3.70. The van der Waals surface area contributed by atoms with Crippen LogP contribution in [0.15, 0.2) is 243 Å². The Bertz CT molecular complexity index is 3610.